The van der Waals surface area contributed by atoms with Gasteiger partial charge in [-0.05, 0) is 60.1 Å². The quantitative estimate of drug-likeness (QED) is 0.745. The molecular formula is C13H13BrINO2. The number of carbonyl (C=O) groups is 1. The zero-order chi connectivity index (χ0) is 12.7. The average molecular weight is 422 g/mol. The highest BCUT2D eigenvalue weighted by atomic mass is 127. The summed E-state index contributed by atoms with van der Waals surface area (Å²) in [5.74, 6) is 0.00171. The molecular weight excluding hydrogens is 409 g/mol. The molecule has 3 atom stereocenters. The van der Waals surface area contributed by atoms with Crippen LogP contribution in [0.2, 0.25) is 0 Å². The van der Waals surface area contributed by atoms with E-state index in [0.717, 1.165) is 32.9 Å². The highest BCUT2D eigenvalue weighted by Crippen LogP contribution is 2.34. The Morgan fingerprint density at radius 1 is 1.44 bits per heavy atom. The molecule has 3 unspecified atom stereocenters. The Balaban J connectivity index is 1.73. The highest BCUT2D eigenvalue weighted by molar-refractivity contribution is 14.1. The number of halogens is 2. The van der Waals surface area contributed by atoms with Gasteiger partial charge in [-0.15, -0.1) is 0 Å². The van der Waals surface area contributed by atoms with Crippen LogP contribution in [0.3, 0.4) is 0 Å². The van der Waals surface area contributed by atoms with Crippen molar-refractivity contribution in [3.8, 4) is 0 Å². The predicted molar refractivity (Wildman–Crippen MR) is 80.6 cm³/mol. The van der Waals surface area contributed by atoms with Crippen LogP contribution in [0.1, 0.15) is 29.6 Å². The number of nitrogens with one attached hydrogen (secondary N) is 1. The van der Waals surface area contributed by atoms with Gasteiger partial charge in [0.15, 0.2) is 0 Å². The van der Waals surface area contributed by atoms with Crippen molar-refractivity contribution in [2.45, 2.75) is 37.5 Å². The van der Waals surface area contributed by atoms with Crippen molar-refractivity contribution in [1.82, 2.24) is 5.32 Å². The van der Waals surface area contributed by atoms with E-state index in [1.807, 2.05) is 18.2 Å². The first-order valence-electron chi connectivity index (χ1n) is 6.05. The minimum atomic E-state index is 0.00171. The molecule has 1 N–H and O–H groups in total. The van der Waals surface area contributed by atoms with Crippen LogP contribution in [0.15, 0.2) is 22.7 Å². The van der Waals surface area contributed by atoms with E-state index >= 15 is 0 Å². The second kappa shape index (κ2) is 5.09. The third-order valence-electron chi connectivity index (χ3n) is 3.60. The number of hydrogen-bond acceptors (Lipinski definition) is 2. The number of rotatable bonds is 2. The van der Waals surface area contributed by atoms with E-state index in [9.17, 15) is 4.79 Å². The lowest BCUT2D eigenvalue weighted by Crippen LogP contribution is -2.41. The van der Waals surface area contributed by atoms with E-state index in [1.54, 1.807) is 0 Å². The molecule has 0 aromatic heterocycles. The number of carbonyl (C=O) groups excluding carboxylic acids is 1. The van der Waals surface area contributed by atoms with Gasteiger partial charge in [0.25, 0.3) is 5.91 Å². The third kappa shape index (κ3) is 2.44. The summed E-state index contributed by atoms with van der Waals surface area (Å²) < 4.78 is 7.65. The molecule has 2 aliphatic rings. The molecule has 18 heavy (non-hydrogen) atoms. The number of ether oxygens (including phenoxy) is 1. The Morgan fingerprint density at radius 2 is 2.28 bits per heavy atom. The molecule has 3 nitrogen and oxygen atoms in total. The Labute approximate surface area is 128 Å². The van der Waals surface area contributed by atoms with E-state index in [0.29, 0.717) is 6.10 Å². The van der Waals surface area contributed by atoms with E-state index in [1.165, 1.54) is 0 Å². The summed E-state index contributed by atoms with van der Waals surface area (Å²) in [6, 6.07) is 5.94. The predicted octanol–water partition coefficient (Wildman–Crippen LogP) is 3.10. The minimum absolute atomic E-state index is 0.00171. The topological polar surface area (TPSA) is 38.3 Å². The van der Waals surface area contributed by atoms with Crippen molar-refractivity contribution in [1.29, 1.82) is 0 Å². The third-order valence-corrected chi connectivity index (χ3v) is 5.03. The van der Waals surface area contributed by atoms with Crippen molar-refractivity contribution in [2.75, 3.05) is 0 Å². The first-order chi connectivity index (χ1) is 8.63. The second-order valence-corrected chi connectivity index (χ2v) is 6.89. The minimum Gasteiger partial charge on any atom is -0.373 e. The Hall–Kier alpha value is -0.140. The molecule has 0 aliphatic carbocycles. The smallest absolute Gasteiger partial charge is 0.252 e. The van der Waals surface area contributed by atoms with Crippen molar-refractivity contribution in [2.24, 2.45) is 0 Å². The lowest BCUT2D eigenvalue weighted by atomic mass is 9.95. The number of hydrogen-bond donors (Lipinski definition) is 1. The second-order valence-electron chi connectivity index (χ2n) is 4.81. The van der Waals surface area contributed by atoms with Crippen LogP contribution in [-0.2, 0) is 4.74 Å². The zero-order valence-corrected chi connectivity index (χ0v) is 13.4. The average Bonchev–Trinajstić information content (AvgIpc) is 2.94. The van der Waals surface area contributed by atoms with Crippen LogP contribution in [-0.4, -0.2) is 24.2 Å². The molecule has 1 aromatic rings. The number of fused-ring (bicyclic) bond motifs is 2. The maximum atomic E-state index is 12.3. The molecule has 2 saturated heterocycles. The first-order valence-corrected chi connectivity index (χ1v) is 7.92. The Kier molecular flexibility index (Phi) is 3.64. The van der Waals surface area contributed by atoms with E-state index in [4.69, 9.17) is 4.74 Å². The molecule has 2 heterocycles. The van der Waals surface area contributed by atoms with Crippen LogP contribution in [0.5, 0.6) is 0 Å². The molecule has 2 aliphatic heterocycles. The molecule has 0 saturated carbocycles. The molecule has 2 fully saturated rings. The van der Waals surface area contributed by atoms with Gasteiger partial charge in [0.05, 0.1) is 23.8 Å². The van der Waals surface area contributed by atoms with Crippen LogP contribution >= 0.6 is 38.5 Å². The van der Waals surface area contributed by atoms with Crippen molar-refractivity contribution in [3.63, 3.8) is 0 Å². The fourth-order valence-electron chi connectivity index (χ4n) is 2.71. The maximum absolute atomic E-state index is 12.3. The fraction of sp³-hybridized carbons (Fsp3) is 0.462. The van der Waals surface area contributed by atoms with Crippen LogP contribution in [0.4, 0.5) is 0 Å². The molecule has 3 rings (SSSR count). The summed E-state index contributed by atoms with van der Waals surface area (Å²) in [4.78, 5) is 12.3. The standard InChI is InChI=1S/C13H13BrINO2/c14-7-1-3-10(15)9(5-7)13(17)16-11-6-8-2-4-12(11)18-8/h1,3,5,8,11-12H,2,4,6H2,(H,16,17). The molecule has 5 heteroatoms. The largest absolute Gasteiger partial charge is 0.373 e. The van der Waals surface area contributed by atoms with Gasteiger partial charge >= 0.3 is 0 Å². The van der Waals surface area contributed by atoms with Crippen LogP contribution in [0, 0.1) is 3.57 Å². The van der Waals surface area contributed by atoms with Crippen LogP contribution < -0.4 is 5.32 Å². The van der Waals surface area contributed by atoms with Gasteiger partial charge in [-0.25, -0.2) is 0 Å². The van der Waals surface area contributed by atoms with E-state index < -0.39 is 0 Å². The summed E-state index contributed by atoms with van der Waals surface area (Å²) in [7, 11) is 0. The zero-order valence-electron chi connectivity index (χ0n) is 9.66. The van der Waals surface area contributed by atoms with E-state index in [-0.39, 0.29) is 18.1 Å². The molecule has 1 aromatic carbocycles. The van der Waals surface area contributed by atoms with Gasteiger partial charge in [-0.3, -0.25) is 4.79 Å². The van der Waals surface area contributed by atoms with E-state index in [2.05, 4.69) is 43.8 Å². The molecule has 2 bridgehead atoms. The summed E-state index contributed by atoms with van der Waals surface area (Å²) in [6.45, 7) is 0. The summed E-state index contributed by atoms with van der Waals surface area (Å²) >= 11 is 5.59. The Morgan fingerprint density at radius 3 is 2.94 bits per heavy atom. The van der Waals surface area contributed by atoms with Gasteiger partial charge in [0, 0.05) is 8.04 Å². The monoisotopic (exact) mass is 421 g/mol. The summed E-state index contributed by atoms with van der Waals surface area (Å²) in [5, 5.41) is 3.11. The normalized spacial score (nSPS) is 29.6. The van der Waals surface area contributed by atoms with Gasteiger partial charge in [-0.2, -0.15) is 0 Å². The van der Waals surface area contributed by atoms with Gasteiger partial charge in [0.2, 0.25) is 0 Å². The molecule has 96 valence electrons. The van der Waals surface area contributed by atoms with Crippen molar-refractivity contribution in [3.05, 3.63) is 31.8 Å². The lowest BCUT2D eigenvalue weighted by molar-refractivity contribution is 0.0840. The lowest BCUT2D eigenvalue weighted by Gasteiger charge is -2.20. The number of benzene rings is 1. The summed E-state index contributed by atoms with van der Waals surface area (Å²) in [5.41, 5.74) is 0.729. The SMILES string of the molecule is O=C(NC1CC2CCC1O2)c1cc(Br)ccc1I. The van der Waals surface area contributed by atoms with Gasteiger partial charge in [-0.1, -0.05) is 15.9 Å². The maximum Gasteiger partial charge on any atom is 0.252 e. The van der Waals surface area contributed by atoms with Gasteiger partial charge < -0.3 is 10.1 Å². The van der Waals surface area contributed by atoms with Crippen molar-refractivity contribution < 1.29 is 9.53 Å². The number of amides is 1. The van der Waals surface area contributed by atoms with Crippen molar-refractivity contribution >= 4 is 44.4 Å². The molecule has 0 spiro atoms. The summed E-state index contributed by atoms with van der Waals surface area (Å²) in [6.07, 6.45) is 3.77. The Bertz CT molecular complexity index is 494. The molecule has 1 amide bonds. The van der Waals surface area contributed by atoms with Gasteiger partial charge in [0.1, 0.15) is 0 Å². The van der Waals surface area contributed by atoms with Crippen LogP contribution in [0.25, 0.3) is 0 Å². The highest BCUT2D eigenvalue weighted by Gasteiger charge is 2.41. The molecule has 0 radical (unpaired) electrons. The fourth-order valence-corrected chi connectivity index (χ4v) is 3.65. The first kappa shape index (κ1) is 12.9.